The summed E-state index contributed by atoms with van der Waals surface area (Å²) < 4.78 is 13.5. The van der Waals surface area contributed by atoms with E-state index < -0.39 is 17.3 Å². The topological polar surface area (TPSA) is 89.3 Å². The minimum Gasteiger partial charge on any atom is -0.444 e. The van der Waals surface area contributed by atoms with Crippen LogP contribution < -0.4 is 4.90 Å². The lowest BCUT2D eigenvalue weighted by molar-refractivity contribution is 0.0220. The van der Waals surface area contributed by atoms with E-state index in [0.29, 0.717) is 24.6 Å². The Bertz CT molecular complexity index is 1360. The van der Waals surface area contributed by atoms with Crippen molar-refractivity contribution in [3.8, 4) is 0 Å². The number of piperidine rings is 1. The molecule has 222 valence electrons. The van der Waals surface area contributed by atoms with Gasteiger partial charge in [0.05, 0.1) is 6.54 Å². The average molecular weight is 582 g/mol. The van der Waals surface area contributed by atoms with Crippen molar-refractivity contribution in [3.63, 3.8) is 0 Å². The second kappa shape index (κ2) is 12.3. The SMILES string of the molecule is CC(C)c1cnc2c(N(Cc3ccccc3)C(=O)OC(C)(C)C)nc(SC3CCCN(C(=O)OC(C)(C)C)C3)cn12. The highest BCUT2D eigenvalue weighted by Gasteiger charge is 2.31. The Hall–Kier alpha value is -3.27. The largest absolute Gasteiger partial charge is 0.444 e. The molecule has 41 heavy (non-hydrogen) atoms. The fourth-order valence-corrected chi connectivity index (χ4v) is 5.83. The van der Waals surface area contributed by atoms with Crippen LogP contribution >= 0.6 is 11.8 Å². The lowest BCUT2D eigenvalue weighted by Crippen LogP contribution is -2.43. The van der Waals surface area contributed by atoms with E-state index in [4.69, 9.17) is 19.4 Å². The lowest BCUT2D eigenvalue weighted by atomic mass is 10.1. The van der Waals surface area contributed by atoms with Gasteiger partial charge in [-0.1, -0.05) is 55.9 Å². The van der Waals surface area contributed by atoms with Gasteiger partial charge in [0.2, 0.25) is 0 Å². The van der Waals surface area contributed by atoms with Crippen LogP contribution in [-0.2, 0) is 16.0 Å². The monoisotopic (exact) mass is 581 g/mol. The first kappa shape index (κ1) is 30.7. The van der Waals surface area contributed by atoms with Gasteiger partial charge in [0.25, 0.3) is 0 Å². The minimum atomic E-state index is -0.680. The highest BCUT2D eigenvalue weighted by Crippen LogP contribution is 2.34. The predicted molar refractivity (Wildman–Crippen MR) is 163 cm³/mol. The minimum absolute atomic E-state index is 0.129. The third kappa shape index (κ3) is 8.15. The third-order valence-electron chi connectivity index (χ3n) is 6.44. The molecule has 0 radical (unpaired) electrons. The van der Waals surface area contributed by atoms with Crippen molar-refractivity contribution in [3.05, 3.63) is 54.0 Å². The summed E-state index contributed by atoms with van der Waals surface area (Å²) in [5.41, 5.74) is 1.34. The van der Waals surface area contributed by atoms with E-state index in [1.807, 2.05) is 88.7 Å². The molecule has 0 saturated carbocycles. The molecule has 1 unspecified atom stereocenters. The van der Waals surface area contributed by atoms with Crippen LogP contribution in [0.4, 0.5) is 15.4 Å². The number of benzene rings is 1. The molecule has 1 aromatic carbocycles. The number of aromatic nitrogens is 3. The molecule has 2 aromatic heterocycles. The molecule has 1 saturated heterocycles. The van der Waals surface area contributed by atoms with Crippen LogP contribution in [0.5, 0.6) is 0 Å². The summed E-state index contributed by atoms with van der Waals surface area (Å²) in [6, 6.07) is 9.80. The fraction of sp³-hybridized carbons (Fsp3) is 0.548. The first-order valence-corrected chi connectivity index (χ1v) is 15.1. The maximum Gasteiger partial charge on any atom is 0.416 e. The number of amides is 2. The number of carbonyl (C=O) groups is 2. The molecule has 9 nitrogen and oxygen atoms in total. The zero-order valence-electron chi connectivity index (χ0n) is 25.5. The summed E-state index contributed by atoms with van der Waals surface area (Å²) in [5, 5.41) is 0.884. The van der Waals surface area contributed by atoms with Crippen molar-refractivity contribution in [1.82, 2.24) is 19.3 Å². The second-order valence-electron chi connectivity index (χ2n) is 12.8. The molecule has 3 aromatic rings. The highest BCUT2D eigenvalue weighted by atomic mass is 32.2. The smallest absolute Gasteiger partial charge is 0.416 e. The molecule has 2 amide bonds. The van der Waals surface area contributed by atoms with Crippen molar-refractivity contribution < 1.29 is 19.1 Å². The van der Waals surface area contributed by atoms with Gasteiger partial charge in [-0.25, -0.2) is 19.6 Å². The van der Waals surface area contributed by atoms with Gasteiger partial charge in [-0.15, -0.1) is 0 Å². The average Bonchev–Trinajstić information content (AvgIpc) is 3.30. The van der Waals surface area contributed by atoms with E-state index in [1.165, 1.54) is 0 Å². The number of imidazole rings is 1. The Kier molecular flexibility index (Phi) is 9.21. The van der Waals surface area contributed by atoms with E-state index in [2.05, 4.69) is 13.8 Å². The maximum atomic E-state index is 13.6. The van der Waals surface area contributed by atoms with Crippen molar-refractivity contribution in [2.45, 2.75) is 102 Å². The Labute approximate surface area is 247 Å². The van der Waals surface area contributed by atoms with E-state index in [1.54, 1.807) is 21.6 Å². The van der Waals surface area contributed by atoms with E-state index in [9.17, 15) is 9.59 Å². The van der Waals surface area contributed by atoms with Gasteiger partial charge in [0.1, 0.15) is 16.2 Å². The summed E-state index contributed by atoms with van der Waals surface area (Å²) in [7, 11) is 0. The normalized spacial score (nSPS) is 16.2. The summed E-state index contributed by atoms with van der Waals surface area (Å²) in [6.45, 7) is 17.0. The van der Waals surface area contributed by atoms with Crippen LogP contribution in [-0.4, -0.2) is 61.0 Å². The second-order valence-corrected chi connectivity index (χ2v) is 14.1. The number of rotatable bonds is 6. The number of likely N-dealkylation sites (tertiary alicyclic amines) is 1. The summed E-state index contributed by atoms with van der Waals surface area (Å²) in [4.78, 5) is 39.5. The predicted octanol–water partition coefficient (Wildman–Crippen LogP) is 7.29. The zero-order valence-corrected chi connectivity index (χ0v) is 26.3. The molecule has 0 aliphatic carbocycles. The molecule has 0 spiro atoms. The van der Waals surface area contributed by atoms with Crippen LogP contribution in [0.2, 0.25) is 0 Å². The molecule has 3 heterocycles. The number of ether oxygens (including phenoxy) is 2. The first-order chi connectivity index (χ1) is 19.2. The number of nitrogens with zero attached hydrogens (tertiary/aromatic N) is 5. The van der Waals surface area contributed by atoms with E-state index in [0.717, 1.165) is 29.1 Å². The molecule has 0 bridgehead atoms. The Morgan fingerprint density at radius 3 is 2.39 bits per heavy atom. The number of hydrogen-bond donors (Lipinski definition) is 0. The third-order valence-corrected chi connectivity index (χ3v) is 7.60. The van der Waals surface area contributed by atoms with E-state index in [-0.39, 0.29) is 23.8 Å². The zero-order chi connectivity index (χ0) is 29.9. The number of hydrogen-bond acceptors (Lipinski definition) is 7. The molecule has 1 aliphatic rings. The Morgan fingerprint density at radius 2 is 1.76 bits per heavy atom. The van der Waals surface area contributed by atoms with Gasteiger partial charge >= 0.3 is 12.2 Å². The fourth-order valence-electron chi connectivity index (χ4n) is 4.64. The molecule has 1 aliphatic heterocycles. The Morgan fingerprint density at radius 1 is 1.07 bits per heavy atom. The van der Waals surface area contributed by atoms with Crippen molar-refractivity contribution in [1.29, 1.82) is 0 Å². The molecule has 4 rings (SSSR count). The van der Waals surface area contributed by atoms with Gasteiger partial charge in [-0.2, -0.15) is 0 Å². The molecular weight excluding hydrogens is 538 g/mol. The summed E-state index contributed by atoms with van der Waals surface area (Å²) in [6.07, 6.45) is 4.89. The molecule has 1 atom stereocenters. The van der Waals surface area contributed by atoms with Crippen molar-refractivity contribution in [2.75, 3.05) is 18.0 Å². The van der Waals surface area contributed by atoms with Crippen LogP contribution in [0.15, 0.2) is 47.8 Å². The van der Waals surface area contributed by atoms with Gasteiger partial charge in [0.15, 0.2) is 11.5 Å². The van der Waals surface area contributed by atoms with Gasteiger partial charge in [0, 0.05) is 36.4 Å². The highest BCUT2D eigenvalue weighted by molar-refractivity contribution is 7.99. The Balaban J connectivity index is 1.72. The van der Waals surface area contributed by atoms with Crippen LogP contribution in [0.3, 0.4) is 0 Å². The van der Waals surface area contributed by atoms with Crippen LogP contribution in [0, 0.1) is 0 Å². The standard InChI is InChI=1S/C31H43N5O4S/c1-21(2)24-17-32-26-27(36(29(38)40-31(6,7)8)18-22-13-10-9-11-14-22)33-25(20-35(24)26)41-23-15-12-16-34(19-23)28(37)39-30(3,4)5/h9-11,13-14,17,20-21,23H,12,15-16,18-19H2,1-8H3. The molecular formula is C31H43N5O4S. The van der Waals surface area contributed by atoms with Crippen molar-refractivity contribution in [2.24, 2.45) is 0 Å². The number of anilines is 1. The maximum absolute atomic E-state index is 13.6. The number of thioether (sulfide) groups is 1. The first-order valence-electron chi connectivity index (χ1n) is 14.3. The quantitative estimate of drug-likeness (QED) is 0.302. The van der Waals surface area contributed by atoms with Crippen LogP contribution in [0.25, 0.3) is 5.65 Å². The lowest BCUT2D eigenvalue weighted by Gasteiger charge is -2.33. The van der Waals surface area contributed by atoms with Crippen LogP contribution in [0.1, 0.15) is 85.4 Å². The number of fused-ring (bicyclic) bond motifs is 1. The van der Waals surface area contributed by atoms with Crippen molar-refractivity contribution >= 4 is 35.4 Å². The van der Waals surface area contributed by atoms with Gasteiger partial charge < -0.3 is 14.4 Å². The van der Waals surface area contributed by atoms with E-state index >= 15 is 0 Å². The molecule has 0 N–H and O–H groups in total. The summed E-state index contributed by atoms with van der Waals surface area (Å²) >= 11 is 1.62. The molecule has 10 heteroatoms. The van der Waals surface area contributed by atoms with Gasteiger partial charge in [-0.05, 0) is 65.9 Å². The molecule has 1 fully saturated rings. The number of carbonyl (C=O) groups excluding carboxylic acids is 2. The summed E-state index contributed by atoms with van der Waals surface area (Å²) in [5.74, 6) is 0.652. The van der Waals surface area contributed by atoms with Gasteiger partial charge in [-0.3, -0.25) is 9.30 Å².